The maximum absolute atomic E-state index is 12.1. The number of anilines is 1. The summed E-state index contributed by atoms with van der Waals surface area (Å²) in [7, 11) is 1.66. The van der Waals surface area contributed by atoms with Gasteiger partial charge in [-0.25, -0.2) is 4.79 Å². The van der Waals surface area contributed by atoms with Crippen LogP contribution < -0.4 is 10.1 Å². The molecule has 2 N–H and O–H groups in total. The summed E-state index contributed by atoms with van der Waals surface area (Å²) >= 11 is 0. The first-order chi connectivity index (χ1) is 9.61. The van der Waals surface area contributed by atoms with Gasteiger partial charge in [-0.15, -0.1) is 0 Å². The molecule has 0 saturated heterocycles. The van der Waals surface area contributed by atoms with Gasteiger partial charge in [-0.2, -0.15) is 0 Å². The lowest BCUT2D eigenvalue weighted by atomic mass is 10.3. The number of hydrogen-bond acceptors (Lipinski definition) is 3. The molecule has 0 bridgehead atoms. The number of likely N-dealkylation sites (N-methyl/N-ethyl adjacent to an activating group) is 1. The van der Waals surface area contributed by atoms with Crippen molar-refractivity contribution >= 4 is 11.7 Å². The number of hydrogen-bond donors (Lipinski definition) is 2. The Morgan fingerprint density at radius 2 is 2.20 bits per heavy atom. The third-order valence-corrected chi connectivity index (χ3v) is 3.55. The molecule has 1 unspecified atom stereocenters. The van der Waals surface area contributed by atoms with Crippen LogP contribution in [0.5, 0.6) is 5.75 Å². The predicted molar refractivity (Wildman–Crippen MR) is 78.0 cm³/mol. The van der Waals surface area contributed by atoms with Crippen LogP contribution in [0.1, 0.15) is 19.8 Å². The van der Waals surface area contributed by atoms with Crippen LogP contribution >= 0.6 is 0 Å². The standard InChI is InChI=1S/C15H22N2O3/c1-11(9-18)17(2)15(19)16-13-5-3-4-6-14(13)20-10-12-7-8-12/h3-6,11-12,18H,7-10H2,1-2H3,(H,16,19). The summed E-state index contributed by atoms with van der Waals surface area (Å²) < 4.78 is 5.75. The van der Waals surface area contributed by atoms with Gasteiger partial charge < -0.3 is 20.1 Å². The number of ether oxygens (including phenoxy) is 1. The fourth-order valence-corrected chi connectivity index (χ4v) is 1.71. The van der Waals surface area contributed by atoms with E-state index in [1.807, 2.05) is 24.3 Å². The van der Waals surface area contributed by atoms with Crippen molar-refractivity contribution in [1.29, 1.82) is 0 Å². The van der Waals surface area contributed by atoms with Crippen LogP contribution in [0.4, 0.5) is 10.5 Å². The minimum Gasteiger partial charge on any atom is -0.491 e. The van der Waals surface area contributed by atoms with E-state index in [1.54, 1.807) is 14.0 Å². The highest BCUT2D eigenvalue weighted by Gasteiger charge is 2.22. The molecule has 2 rings (SSSR count). The minimum atomic E-state index is -0.256. The number of carbonyl (C=O) groups excluding carboxylic acids is 1. The van der Waals surface area contributed by atoms with Crippen molar-refractivity contribution in [3.8, 4) is 5.75 Å². The highest BCUT2D eigenvalue weighted by Crippen LogP contribution is 2.31. The van der Waals surface area contributed by atoms with Crippen LogP contribution in [0.25, 0.3) is 0 Å². The fraction of sp³-hybridized carbons (Fsp3) is 0.533. The first-order valence-electron chi connectivity index (χ1n) is 6.98. The lowest BCUT2D eigenvalue weighted by molar-refractivity contribution is 0.166. The third kappa shape index (κ3) is 3.87. The normalized spacial score (nSPS) is 15.6. The molecule has 1 aliphatic rings. The second-order valence-electron chi connectivity index (χ2n) is 5.32. The number of amides is 2. The molecule has 0 spiro atoms. The average Bonchev–Trinajstić information content (AvgIpc) is 3.28. The van der Waals surface area contributed by atoms with E-state index in [2.05, 4.69) is 5.32 Å². The van der Waals surface area contributed by atoms with Gasteiger partial charge in [-0.1, -0.05) is 12.1 Å². The maximum atomic E-state index is 12.1. The van der Waals surface area contributed by atoms with E-state index in [-0.39, 0.29) is 18.7 Å². The SMILES string of the molecule is CC(CO)N(C)C(=O)Nc1ccccc1OCC1CC1. The molecule has 0 heterocycles. The van der Waals surface area contributed by atoms with E-state index in [4.69, 9.17) is 9.84 Å². The molecule has 1 saturated carbocycles. The van der Waals surface area contributed by atoms with Gasteiger partial charge in [0.25, 0.3) is 0 Å². The van der Waals surface area contributed by atoms with Gasteiger partial charge in [-0.05, 0) is 37.8 Å². The maximum Gasteiger partial charge on any atom is 0.322 e. The van der Waals surface area contributed by atoms with Crippen LogP contribution in [0.15, 0.2) is 24.3 Å². The Balaban J connectivity index is 1.98. The minimum absolute atomic E-state index is 0.0657. The predicted octanol–water partition coefficient (Wildman–Crippen LogP) is 2.32. The molecule has 1 atom stereocenters. The first kappa shape index (κ1) is 14.7. The zero-order valence-corrected chi connectivity index (χ0v) is 12.0. The highest BCUT2D eigenvalue weighted by molar-refractivity contribution is 5.91. The summed E-state index contributed by atoms with van der Waals surface area (Å²) in [5.41, 5.74) is 0.662. The van der Waals surface area contributed by atoms with E-state index in [0.29, 0.717) is 24.0 Å². The number of para-hydroxylation sites is 2. The second-order valence-corrected chi connectivity index (χ2v) is 5.32. The molecular formula is C15H22N2O3. The Kier molecular flexibility index (Phi) is 4.84. The third-order valence-electron chi connectivity index (χ3n) is 3.55. The molecule has 5 heteroatoms. The highest BCUT2D eigenvalue weighted by atomic mass is 16.5. The van der Waals surface area contributed by atoms with Crippen LogP contribution in [-0.2, 0) is 0 Å². The summed E-state index contributed by atoms with van der Waals surface area (Å²) in [6, 6.07) is 6.93. The quantitative estimate of drug-likeness (QED) is 0.839. The Morgan fingerprint density at radius 3 is 2.85 bits per heavy atom. The van der Waals surface area contributed by atoms with Gasteiger partial charge in [0.15, 0.2) is 0 Å². The monoisotopic (exact) mass is 278 g/mol. The van der Waals surface area contributed by atoms with E-state index in [0.717, 1.165) is 0 Å². The molecule has 20 heavy (non-hydrogen) atoms. The van der Waals surface area contributed by atoms with Crippen molar-refractivity contribution in [2.75, 3.05) is 25.6 Å². The van der Waals surface area contributed by atoms with Gasteiger partial charge in [0.1, 0.15) is 5.75 Å². The summed E-state index contributed by atoms with van der Waals surface area (Å²) in [5, 5.41) is 11.9. The van der Waals surface area contributed by atoms with E-state index < -0.39 is 0 Å². The Hall–Kier alpha value is -1.75. The van der Waals surface area contributed by atoms with Crippen LogP contribution in [0, 0.1) is 5.92 Å². The van der Waals surface area contributed by atoms with Crippen LogP contribution in [0.2, 0.25) is 0 Å². The molecule has 0 aromatic heterocycles. The van der Waals surface area contributed by atoms with Gasteiger partial charge in [0, 0.05) is 7.05 Å². The molecule has 0 aliphatic heterocycles. The molecule has 0 radical (unpaired) electrons. The summed E-state index contributed by atoms with van der Waals surface area (Å²) in [6.45, 7) is 2.43. The summed E-state index contributed by atoms with van der Waals surface area (Å²) in [6.07, 6.45) is 2.45. The van der Waals surface area contributed by atoms with Crippen molar-refractivity contribution in [3.05, 3.63) is 24.3 Å². The number of aliphatic hydroxyl groups excluding tert-OH is 1. The number of carbonyl (C=O) groups is 1. The Bertz CT molecular complexity index is 460. The molecule has 1 aliphatic carbocycles. The zero-order valence-electron chi connectivity index (χ0n) is 12.0. The number of nitrogens with one attached hydrogen (secondary N) is 1. The van der Waals surface area contributed by atoms with Crippen LogP contribution in [-0.4, -0.2) is 42.3 Å². The van der Waals surface area contributed by atoms with Crippen LogP contribution in [0.3, 0.4) is 0 Å². The lowest BCUT2D eigenvalue weighted by Crippen LogP contribution is -2.40. The summed E-state index contributed by atoms with van der Waals surface area (Å²) in [4.78, 5) is 13.5. The van der Waals surface area contributed by atoms with Crippen molar-refractivity contribution < 1.29 is 14.6 Å². The Labute approximate surface area is 119 Å². The second kappa shape index (κ2) is 6.61. The van der Waals surface area contributed by atoms with Gasteiger partial charge in [0.2, 0.25) is 0 Å². The largest absolute Gasteiger partial charge is 0.491 e. The fourth-order valence-electron chi connectivity index (χ4n) is 1.71. The van der Waals surface area contributed by atoms with Gasteiger partial charge in [-0.3, -0.25) is 0 Å². The number of benzene rings is 1. The number of aliphatic hydroxyl groups is 1. The molecule has 2 amide bonds. The van der Waals surface area contributed by atoms with Crippen molar-refractivity contribution in [2.45, 2.75) is 25.8 Å². The molecule has 1 aromatic rings. The van der Waals surface area contributed by atoms with Crippen molar-refractivity contribution in [3.63, 3.8) is 0 Å². The van der Waals surface area contributed by atoms with E-state index >= 15 is 0 Å². The van der Waals surface area contributed by atoms with Crippen molar-refractivity contribution in [2.24, 2.45) is 5.92 Å². The summed E-state index contributed by atoms with van der Waals surface area (Å²) in [5.74, 6) is 1.36. The number of urea groups is 1. The molecular weight excluding hydrogens is 256 g/mol. The van der Waals surface area contributed by atoms with Crippen molar-refractivity contribution in [1.82, 2.24) is 4.90 Å². The van der Waals surface area contributed by atoms with E-state index in [1.165, 1.54) is 17.7 Å². The molecule has 1 fully saturated rings. The average molecular weight is 278 g/mol. The van der Waals surface area contributed by atoms with E-state index in [9.17, 15) is 4.79 Å². The van der Waals surface area contributed by atoms with Gasteiger partial charge in [0.05, 0.1) is 24.9 Å². The molecule has 5 nitrogen and oxygen atoms in total. The first-order valence-corrected chi connectivity index (χ1v) is 6.98. The smallest absolute Gasteiger partial charge is 0.322 e. The molecule has 1 aromatic carbocycles. The zero-order chi connectivity index (χ0) is 14.5. The Morgan fingerprint density at radius 1 is 1.50 bits per heavy atom. The molecule has 110 valence electrons. The lowest BCUT2D eigenvalue weighted by Gasteiger charge is -2.24. The topological polar surface area (TPSA) is 61.8 Å². The van der Waals surface area contributed by atoms with Gasteiger partial charge >= 0.3 is 6.03 Å². The number of nitrogens with zero attached hydrogens (tertiary/aromatic N) is 1. The number of rotatable bonds is 6.